The fourth-order valence-electron chi connectivity index (χ4n) is 2.34. The topological polar surface area (TPSA) is 71.3 Å². The number of carbonyl (C=O) groups is 1. The van der Waals surface area contributed by atoms with Crippen molar-refractivity contribution in [1.82, 2.24) is 5.32 Å². The van der Waals surface area contributed by atoms with Gasteiger partial charge in [0.1, 0.15) is 17.4 Å². The van der Waals surface area contributed by atoms with E-state index in [1.807, 2.05) is 44.2 Å². The summed E-state index contributed by atoms with van der Waals surface area (Å²) in [6.07, 6.45) is 3.71. The molecule has 1 saturated heterocycles. The van der Waals surface area contributed by atoms with Crippen LogP contribution in [0.4, 0.5) is 0 Å². The third kappa shape index (κ3) is 5.42. The van der Waals surface area contributed by atoms with Crippen LogP contribution in [-0.2, 0) is 9.53 Å². The molecule has 5 nitrogen and oxygen atoms in total. The van der Waals surface area contributed by atoms with Gasteiger partial charge >= 0.3 is 0 Å². The number of nitriles is 1. The van der Waals surface area contributed by atoms with Crippen LogP contribution >= 0.6 is 0 Å². The Labute approximate surface area is 136 Å². The summed E-state index contributed by atoms with van der Waals surface area (Å²) in [4.78, 5) is 12.1. The minimum absolute atomic E-state index is 0.0614. The van der Waals surface area contributed by atoms with E-state index in [9.17, 15) is 10.1 Å². The first kappa shape index (κ1) is 17.0. The number of ether oxygens (including phenoxy) is 2. The van der Waals surface area contributed by atoms with Crippen LogP contribution in [0.25, 0.3) is 6.08 Å². The van der Waals surface area contributed by atoms with E-state index in [0.717, 1.165) is 30.8 Å². The van der Waals surface area contributed by atoms with E-state index in [4.69, 9.17) is 9.47 Å². The lowest BCUT2D eigenvalue weighted by Crippen LogP contribution is -2.32. The molecule has 1 amide bonds. The van der Waals surface area contributed by atoms with Crippen LogP contribution in [0.15, 0.2) is 29.8 Å². The van der Waals surface area contributed by atoms with E-state index in [-0.39, 0.29) is 23.7 Å². The summed E-state index contributed by atoms with van der Waals surface area (Å²) in [5.41, 5.74) is 0.866. The molecule has 0 aliphatic carbocycles. The van der Waals surface area contributed by atoms with Gasteiger partial charge in [0, 0.05) is 13.2 Å². The van der Waals surface area contributed by atoms with Crippen molar-refractivity contribution < 1.29 is 14.3 Å². The highest BCUT2D eigenvalue weighted by molar-refractivity contribution is 6.01. The Morgan fingerprint density at radius 2 is 2.22 bits per heavy atom. The number of rotatable bonds is 6. The molecular formula is C18H22N2O3. The van der Waals surface area contributed by atoms with Crippen LogP contribution in [0.5, 0.6) is 5.75 Å². The second-order valence-corrected chi connectivity index (χ2v) is 5.75. The normalized spacial score (nSPS) is 17.8. The van der Waals surface area contributed by atoms with Crippen LogP contribution < -0.4 is 10.1 Å². The van der Waals surface area contributed by atoms with E-state index in [2.05, 4.69) is 5.32 Å². The summed E-state index contributed by atoms with van der Waals surface area (Å²) in [5.74, 6) is 0.393. The number of benzene rings is 1. The van der Waals surface area contributed by atoms with Gasteiger partial charge in [-0.25, -0.2) is 0 Å². The van der Waals surface area contributed by atoms with Gasteiger partial charge in [0.15, 0.2) is 0 Å². The highest BCUT2D eigenvalue weighted by atomic mass is 16.5. The molecule has 23 heavy (non-hydrogen) atoms. The van der Waals surface area contributed by atoms with Crippen LogP contribution in [0.2, 0.25) is 0 Å². The highest BCUT2D eigenvalue weighted by Crippen LogP contribution is 2.16. The van der Waals surface area contributed by atoms with Crippen molar-refractivity contribution in [2.75, 3.05) is 13.2 Å². The fourth-order valence-corrected chi connectivity index (χ4v) is 2.34. The average Bonchev–Trinajstić information content (AvgIpc) is 3.04. The van der Waals surface area contributed by atoms with Gasteiger partial charge in [-0.1, -0.05) is 12.1 Å². The van der Waals surface area contributed by atoms with Gasteiger partial charge in [-0.3, -0.25) is 4.79 Å². The number of hydrogen-bond acceptors (Lipinski definition) is 4. The minimum atomic E-state index is -0.370. The van der Waals surface area contributed by atoms with Gasteiger partial charge < -0.3 is 14.8 Å². The van der Waals surface area contributed by atoms with E-state index >= 15 is 0 Å². The van der Waals surface area contributed by atoms with E-state index in [0.29, 0.717) is 6.54 Å². The van der Waals surface area contributed by atoms with E-state index < -0.39 is 0 Å². The Kier molecular flexibility index (Phi) is 6.19. The van der Waals surface area contributed by atoms with Crippen molar-refractivity contribution in [2.24, 2.45) is 0 Å². The molecule has 2 rings (SSSR count). The molecule has 1 aromatic rings. The molecule has 0 spiro atoms. The molecule has 1 unspecified atom stereocenters. The predicted molar refractivity (Wildman–Crippen MR) is 87.8 cm³/mol. The molecular weight excluding hydrogens is 292 g/mol. The Morgan fingerprint density at radius 3 is 2.78 bits per heavy atom. The molecule has 1 N–H and O–H groups in total. The lowest BCUT2D eigenvalue weighted by atomic mass is 10.1. The van der Waals surface area contributed by atoms with E-state index in [1.165, 1.54) is 0 Å². The zero-order valence-electron chi connectivity index (χ0n) is 13.5. The number of nitrogens with zero attached hydrogens (tertiary/aromatic N) is 1. The van der Waals surface area contributed by atoms with Gasteiger partial charge in [0.25, 0.3) is 5.91 Å². The number of carbonyl (C=O) groups excluding carboxylic acids is 1. The molecule has 1 aliphatic heterocycles. The molecule has 1 atom stereocenters. The van der Waals surface area contributed by atoms with Gasteiger partial charge in [-0.05, 0) is 50.5 Å². The summed E-state index contributed by atoms with van der Waals surface area (Å²) < 4.78 is 11.0. The maximum absolute atomic E-state index is 12.1. The quantitative estimate of drug-likeness (QED) is 0.647. The lowest BCUT2D eigenvalue weighted by Gasteiger charge is -2.10. The zero-order valence-corrected chi connectivity index (χ0v) is 13.5. The lowest BCUT2D eigenvalue weighted by molar-refractivity contribution is -0.117. The number of amides is 1. The van der Waals surface area contributed by atoms with Crippen molar-refractivity contribution in [2.45, 2.75) is 38.9 Å². The smallest absolute Gasteiger partial charge is 0.262 e. The standard InChI is InChI=1S/C18H22N2O3/c1-13(2)23-16-7-5-14(6-8-16)10-15(11-19)18(21)20-12-17-4-3-9-22-17/h5-8,10,13,17H,3-4,9,12H2,1-2H3,(H,20,21)/b15-10-. The largest absolute Gasteiger partial charge is 0.491 e. The second-order valence-electron chi connectivity index (χ2n) is 5.75. The Hall–Kier alpha value is -2.32. The summed E-state index contributed by atoms with van der Waals surface area (Å²) >= 11 is 0. The molecule has 1 fully saturated rings. The van der Waals surface area contributed by atoms with Gasteiger partial charge in [0.05, 0.1) is 12.2 Å². The molecule has 0 aromatic heterocycles. The SMILES string of the molecule is CC(C)Oc1ccc(/C=C(/C#N)C(=O)NCC2CCCO2)cc1. The monoisotopic (exact) mass is 314 g/mol. The van der Waals surface area contributed by atoms with Crippen molar-refractivity contribution in [3.05, 3.63) is 35.4 Å². The second kappa shape index (κ2) is 8.35. The Bertz CT molecular complexity index is 594. The summed E-state index contributed by atoms with van der Waals surface area (Å²) in [7, 11) is 0. The van der Waals surface area contributed by atoms with Crippen LogP contribution in [0.3, 0.4) is 0 Å². The summed E-state index contributed by atoms with van der Waals surface area (Å²) in [5, 5.41) is 11.9. The van der Waals surface area contributed by atoms with Gasteiger partial charge in [-0.2, -0.15) is 5.26 Å². The first-order chi connectivity index (χ1) is 11.1. The van der Waals surface area contributed by atoms with Crippen molar-refractivity contribution in [1.29, 1.82) is 5.26 Å². The van der Waals surface area contributed by atoms with Crippen LogP contribution in [0, 0.1) is 11.3 Å². The fraction of sp³-hybridized carbons (Fsp3) is 0.444. The average molecular weight is 314 g/mol. The Balaban J connectivity index is 1.96. The zero-order chi connectivity index (χ0) is 16.7. The summed E-state index contributed by atoms with van der Waals surface area (Å²) in [6.45, 7) is 5.10. The predicted octanol–water partition coefficient (Wildman–Crippen LogP) is 2.68. The van der Waals surface area contributed by atoms with Crippen LogP contribution in [-0.4, -0.2) is 31.3 Å². The third-order valence-corrected chi connectivity index (χ3v) is 3.44. The molecule has 5 heteroatoms. The first-order valence-corrected chi connectivity index (χ1v) is 7.87. The first-order valence-electron chi connectivity index (χ1n) is 7.87. The molecule has 0 bridgehead atoms. The Morgan fingerprint density at radius 1 is 1.48 bits per heavy atom. The van der Waals surface area contributed by atoms with Crippen molar-refractivity contribution >= 4 is 12.0 Å². The molecule has 1 heterocycles. The number of hydrogen-bond donors (Lipinski definition) is 1. The maximum atomic E-state index is 12.1. The van der Waals surface area contributed by atoms with Gasteiger partial charge in [0.2, 0.25) is 0 Å². The van der Waals surface area contributed by atoms with Crippen molar-refractivity contribution in [3.63, 3.8) is 0 Å². The molecule has 0 saturated carbocycles. The van der Waals surface area contributed by atoms with Crippen LogP contribution in [0.1, 0.15) is 32.3 Å². The molecule has 1 aliphatic rings. The molecule has 0 radical (unpaired) electrons. The third-order valence-electron chi connectivity index (χ3n) is 3.44. The van der Waals surface area contributed by atoms with E-state index in [1.54, 1.807) is 6.08 Å². The number of nitrogens with one attached hydrogen (secondary N) is 1. The molecule has 1 aromatic carbocycles. The maximum Gasteiger partial charge on any atom is 0.262 e. The highest BCUT2D eigenvalue weighted by Gasteiger charge is 2.17. The van der Waals surface area contributed by atoms with Gasteiger partial charge in [-0.15, -0.1) is 0 Å². The van der Waals surface area contributed by atoms with Crippen molar-refractivity contribution in [3.8, 4) is 11.8 Å². The minimum Gasteiger partial charge on any atom is -0.491 e. The summed E-state index contributed by atoms with van der Waals surface area (Å²) in [6, 6.07) is 9.24. The molecule has 122 valence electrons.